The fourth-order valence-electron chi connectivity index (χ4n) is 2.46. The first-order valence-electron chi connectivity index (χ1n) is 7.10. The third kappa shape index (κ3) is 3.08. The first-order chi connectivity index (χ1) is 10.6. The predicted molar refractivity (Wildman–Crippen MR) is 82.4 cm³/mol. The molecule has 116 valence electrons. The smallest absolute Gasteiger partial charge is 0.277 e. The largest absolute Gasteiger partial charge is 0.506 e. The number of nitrogens with zero attached hydrogens (tertiary/aromatic N) is 1. The third-order valence-electron chi connectivity index (χ3n) is 3.67. The van der Waals surface area contributed by atoms with Gasteiger partial charge >= 0.3 is 0 Å². The molecule has 1 aliphatic rings. The summed E-state index contributed by atoms with van der Waals surface area (Å²) in [4.78, 5) is 16.5. The summed E-state index contributed by atoms with van der Waals surface area (Å²) in [6, 6.07) is 4.63. The predicted octanol–water partition coefficient (Wildman–Crippen LogP) is 2.75. The van der Waals surface area contributed by atoms with E-state index in [1.54, 1.807) is 12.1 Å². The number of rotatable bonds is 3. The molecule has 0 unspecified atom stereocenters. The van der Waals surface area contributed by atoms with Gasteiger partial charge in [-0.15, -0.1) is 0 Å². The molecule has 1 aromatic carbocycles. The molecule has 3 rings (SSSR count). The lowest BCUT2D eigenvalue weighted by Gasteiger charge is -2.19. The van der Waals surface area contributed by atoms with Gasteiger partial charge in [0.2, 0.25) is 0 Å². The Morgan fingerprint density at radius 3 is 2.91 bits per heavy atom. The maximum Gasteiger partial charge on any atom is 0.277 e. The highest BCUT2D eigenvalue weighted by Gasteiger charge is 2.22. The number of anilines is 1. The van der Waals surface area contributed by atoms with Crippen molar-refractivity contribution in [2.24, 2.45) is 0 Å². The number of hydrogen-bond donors (Lipinski definition) is 3. The molecule has 0 radical (unpaired) electrons. The monoisotopic (exact) mass is 321 g/mol. The van der Waals surface area contributed by atoms with Crippen LogP contribution in [0.1, 0.15) is 35.1 Å². The second-order valence-electron chi connectivity index (χ2n) is 5.18. The number of phenols is 1. The van der Waals surface area contributed by atoms with Gasteiger partial charge in [0.25, 0.3) is 5.91 Å². The number of nitrogens with one attached hydrogen (secondary N) is 2. The number of hydrogen-bond acceptors (Lipinski definition) is 5. The number of phenolic OH excluding ortho intramolecular Hbond substituents is 1. The fourth-order valence-corrected chi connectivity index (χ4v) is 2.68. The molecule has 1 aliphatic heterocycles. The van der Waals surface area contributed by atoms with Gasteiger partial charge in [0.05, 0.1) is 5.02 Å². The average molecular weight is 322 g/mol. The molecule has 1 saturated heterocycles. The summed E-state index contributed by atoms with van der Waals surface area (Å²) < 4.78 is 5.43. The number of piperidine rings is 1. The molecule has 3 N–H and O–H groups in total. The zero-order valence-corrected chi connectivity index (χ0v) is 12.6. The number of carbonyl (C=O) groups excluding carboxylic acids is 1. The lowest BCUT2D eigenvalue weighted by Crippen LogP contribution is -2.26. The van der Waals surface area contributed by atoms with Gasteiger partial charge in [-0.1, -0.05) is 17.7 Å². The molecule has 0 aliphatic carbocycles. The summed E-state index contributed by atoms with van der Waals surface area (Å²) in [5.74, 6) is 0.252. The van der Waals surface area contributed by atoms with E-state index >= 15 is 0 Å². The van der Waals surface area contributed by atoms with Crippen LogP contribution in [0.25, 0.3) is 0 Å². The summed E-state index contributed by atoms with van der Waals surface area (Å²) >= 11 is 5.96. The van der Waals surface area contributed by atoms with Crippen molar-refractivity contribution in [3.05, 3.63) is 41.1 Å². The van der Waals surface area contributed by atoms with Crippen molar-refractivity contribution in [2.45, 2.75) is 18.8 Å². The maximum atomic E-state index is 12.2. The van der Waals surface area contributed by atoms with E-state index in [9.17, 15) is 9.90 Å². The first-order valence-corrected chi connectivity index (χ1v) is 7.48. The highest BCUT2D eigenvalue weighted by atomic mass is 35.5. The second kappa shape index (κ2) is 6.37. The Kier molecular flexibility index (Phi) is 4.31. The Morgan fingerprint density at radius 2 is 2.18 bits per heavy atom. The van der Waals surface area contributed by atoms with Crippen LogP contribution in [0, 0.1) is 0 Å². The summed E-state index contributed by atoms with van der Waals surface area (Å²) in [6.07, 6.45) is 3.21. The molecular weight excluding hydrogens is 306 g/mol. The lowest BCUT2D eigenvalue weighted by molar-refractivity contribution is 0.102. The van der Waals surface area contributed by atoms with E-state index < -0.39 is 5.91 Å². The number of aromatic nitrogens is 1. The highest BCUT2D eigenvalue weighted by Crippen LogP contribution is 2.31. The van der Waals surface area contributed by atoms with Gasteiger partial charge in [0, 0.05) is 5.92 Å². The Hall–Kier alpha value is -2.05. The van der Waals surface area contributed by atoms with E-state index in [0.29, 0.717) is 5.89 Å². The van der Waals surface area contributed by atoms with Crippen molar-refractivity contribution in [3.8, 4) is 5.75 Å². The van der Waals surface area contributed by atoms with Gasteiger partial charge in [-0.3, -0.25) is 4.79 Å². The van der Waals surface area contributed by atoms with Crippen LogP contribution in [0.5, 0.6) is 5.75 Å². The normalized spacial score (nSPS) is 15.7. The minimum Gasteiger partial charge on any atom is -0.506 e. The molecular formula is C15H16ClN3O3. The van der Waals surface area contributed by atoms with Gasteiger partial charge in [-0.05, 0) is 38.1 Å². The number of para-hydroxylation sites is 1. The average Bonchev–Trinajstić information content (AvgIpc) is 3.02. The molecule has 6 nitrogen and oxygen atoms in total. The Balaban J connectivity index is 1.74. The number of benzene rings is 1. The van der Waals surface area contributed by atoms with Gasteiger partial charge < -0.3 is 20.2 Å². The first kappa shape index (κ1) is 14.9. The van der Waals surface area contributed by atoms with Gasteiger partial charge in [-0.25, -0.2) is 4.98 Å². The lowest BCUT2D eigenvalue weighted by atomic mass is 9.98. The summed E-state index contributed by atoms with van der Waals surface area (Å²) in [6.45, 7) is 1.84. The van der Waals surface area contributed by atoms with E-state index in [4.69, 9.17) is 16.0 Å². The number of oxazole rings is 1. The highest BCUT2D eigenvalue weighted by molar-refractivity contribution is 6.34. The number of amides is 1. The minimum atomic E-state index is -0.465. The van der Waals surface area contributed by atoms with Crippen molar-refractivity contribution in [1.29, 1.82) is 0 Å². The Bertz CT molecular complexity index is 660. The van der Waals surface area contributed by atoms with Crippen molar-refractivity contribution in [2.75, 3.05) is 18.4 Å². The van der Waals surface area contributed by atoms with E-state index in [2.05, 4.69) is 15.6 Å². The Labute approximate surface area is 132 Å². The standard InChI is InChI=1S/C15H16ClN3O3/c16-10-2-1-3-12(20)13(10)19-14(21)11-8-22-15(18-11)9-4-6-17-7-5-9/h1-3,8-9,17,20H,4-7H2,(H,19,21). The van der Waals surface area contributed by atoms with Gasteiger partial charge in [-0.2, -0.15) is 0 Å². The van der Waals surface area contributed by atoms with E-state index in [0.717, 1.165) is 25.9 Å². The molecule has 0 atom stereocenters. The van der Waals surface area contributed by atoms with Crippen LogP contribution in [0.4, 0.5) is 5.69 Å². The second-order valence-corrected chi connectivity index (χ2v) is 5.59. The quantitative estimate of drug-likeness (QED) is 0.757. The molecule has 0 bridgehead atoms. The van der Waals surface area contributed by atoms with Gasteiger partial charge in [0.15, 0.2) is 11.6 Å². The molecule has 2 heterocycles. The van der Waals surface area contributed by atoms with Crippen LogP contribution in [-0.4, -0.2) is 29.1 Å². The van der Waals surface area contributed by atoms with E-state index in [1.807, 2.05) is 0 Å². The van der Waals surface area contributed by atoms with Crippen molar-refractivity contribution in [1.82, 2.24) is 10.3 Å². The van der Waals surface area contributed by atoms with Crippen LogP contribution in [0.2, 0.25) is 5.02 Å². The number of halogens is 1. The minimum absolute atomic E-state index is 0.0945. The molecule has 1 amide bonds. The third-order valence-corrected chi connectivity index (χ3v) is 3.99. The maximum absolute atomic E-state index is 12.2. The molecule has 7 heteroatoms. The van der Waals surface area contributed by atoms with Crippen LogP contribution >= 0.6 is 11.6 Å². The zero-order chi connectivity index (χ0) is 15.5. The molecule has 2 aromatic rings. The number of aromatic hydroxyl groups is 1. The zero-order valence-electron chi connectivity index (χ0n) is 11.8. The van der Waals surface area contributed by atoms with Crippen molar-refractivity contribution < 1.29 is 14.3 Å². The van der Waals surface area contributed by atoms with Crippen LogP contribution in [-0.2, 0) is 0 Å². The summed E-state index contributed by atoms with van der Waals surface area (Å²) in [7, 11) is 0. The number of carbonyl (C=O) groups is 1. The van der Waals surface area contributed by atoms with E-state index in [1.165, 1.54) is 12.3 Å². The molecule has 1 fully saturated rings. The molecule has 22 heavy (non-hydrogen) atoms. The SMILES string of the molecule is O=C(Nc1c(O)cccc1Cl)c1coc(C2CCNCC2)n1. The van der Waals surface area contributed by atoms with Crippen LogP contribution in [0.3, 0.4) is 0 Å². The molecule has 1 aromatic heterocycles. The van der Waals surface area contributed by atoms with Crippen molar-refractivity contribution >= 4 is 23.2 Å². The molecule has 0 spiro atoms. The van der Waals surface area contributed by atoms with Crippen LogP contribution in [0.15, 0.2) is 28.9 Å². The van der Waals surface area contributed by atoms with Crippen LogP contribution < -0.4 is 10.6 Å². The Morgan fingerprint density at radius 1 is 1.41 bits per heavy atom. The van der Waals surface area contributed by atoms with Crippen molar-refractivity contribution in [3.63, 3.8) is 0 Å². The summed E-state index contributed by atoms with van der Waals surface area (Å²) in [5.41, 5.74) is 0.341. The van der Waals surface area contributed by atoms with Gasteiger partial charge in [0.1, 0.15) is 17.7 Å². The van der Waals surface area contributed by atoms with E-state index in [-0.39, 0.29) is 28.1 Å². The fraction of sp³-hybridized carbons (Fsp3) is 0.333. The topological polar surface area (TPSA) is 87.4 Å². The summed E-state index contributed by atoms with van der Waals surface area (Å²) in [5, 5.41) is 15.8. The molecule has 0 saturated carbocycles.